The van der Waals surface area contributed by atoms with Gasteiger partial charge in [0.05, 0.1) is 24.8 Å². The number of hydrogen-bond donors (Lipinski definition) is 1. The van der Waals surface area contributed by atoms with Gasteiger partial charge in [-0.3, -0.25) is 4.79 Å². The molecule has 0 heterocycles. The van der Waals surface area contributed by atoms with Gasteiger partial charge in [0.15, 0.2) is 11.5 Å². The van der Waals surface area contributed by atoms with Crippen LogP contribution in [0.3, 0.4) is 0 Å². The predicted octanol–water partition coefficient (Wildman–Crippen LogP) is 5.18. The summed E-state index contributed by atoms with van der Waals surface area (Å²) >= 11 is 6.26. The molecule has 0 unspecified atom stereocenters. The second-order valence-corrected chi connectivity index (χ2v) is 6.39. The van der Waals surface area contributed by atoms with Gasteiger partial charge in [0.1, 0.15) is 5.75 Å². The number of methoxy groups -OCH3 is 1. The number of anilines is 1. The Hall–Kier alpha value is -2.40. The van der Waals surface area contributed by atoms with Crippen LogP contribution < -0.4 is 19.5 Å². The summed E-state index contributed by atoms with van der Waals surface area (Å²) in [5.41, 5.74) is 1.05. The van der Waals surface area contributed by atoms with Gasteiger partial charge in [-0.25, -0.2) is 0 Å². The number of hydrogen-bond acceptors (Lipinski definition) is 4. The molecule has 0 atom stereocenters. The van der Waals surface area contributed by atoms with E-state index in [2.05, 4.69) is 5.32 Å². The maximum absolute atomic E-state index is 12.5. The van der Waals surface area contributed by atoms with Crippen molar-refractivity contribution < 1.29 is 19.0 Å². The van der Waals surface area contributed by atoms with Crippen LogP contribution >= 0.6 is 11.6 Å². The monoisotopic (exact) mass is 377 g/mol. The fourth-order valence-corrected chi connectivity index (χ4v) is 2.55. The van der Waals surface area contributed by atoms with Crippen molar-refractivity contribution in [3.63, 3.8) is 0 Å². The van der Waals surface area contributed by atoms with Crippen molar-refractivity contribution in [3.05, 3.63) is 47.0 Å². The average Bonchev–Trinajstić information content (AvgIpc) is 2.61. The van der Waals surface area contributed by atoms with Crippen molar-refractivity contribution >= 4 is 23.2 Å². The smallest absolute Gasteiger partial charge is 0.255 e. The van der Waals surface area contributed by atoms with Gasteiger partial charge in [0.25, 0.3) is 5.91 Å². The highest BCUT2D eigenvalue weighted by Gasteiger charge is 2.16. The standard InChI is InChI=1S/C20H24ClNO4/c1-5-10-25-19-17(21)11-14(12-18(19)24-4)20(23)22-15-6-8-16(9-7-15)26-13(2)3/h6-9,11-13H,5,10H2,1-4H3,(H,22,23). The molecule has 0 aromatic heterocycles. The summed E-state index contributed by atoms with van der Waals surface area (Å²) in [6, 6.07) is 10.4. The third-order valence-electron chi connectivity index (χ3n) is 3.43. The SMILES string of the molecule is CCCOc1c(Cl)cc(C(=O)Nc2ccc(OC(C)C)cc2)cc1OC. The highest BCUT2D eigenvalue weighted by atomic mass is 35.5. The zero-order valence-electron chi connectivity index (χ0n) is 15.5. The van der Waals surface area contributed by atoms with E-state index in [1.54, 1.807) is 24.3 Å². The van der Waals surface area contributed by atoms with Gasteiger partial charge < -0.3 is 19.5 Å². The Morgan fingerprint density at radius 1 is 1.19 bits per heavy atom. The van der Waals surface area contributed by atoms with Crippen LogP contribution in [0.15, 0.2) is 36.4 Å². The Labute approximate surface area is 159 Å². The number of carbonyl (C=O) groups is 1. The molecule has 1 N–H and O–H groups in total. The zero-order chi connectivity index (χ0) is 19.1. The molecule has 0 aliphatic carbocycles. The molecule has 2 aromatic rings. The summed E-state index contributed by atoms with van der Waals surface area (Å²) in [6.45, 7) is 6.44. The number of halogens is 1. The van der Waals surface area contributed by atoms with Gasteiger partial charge in [0, 0.05) is 11.3 Å². The van der Waals surface area contributed by atoms with Gasteiger partial charge in [-0.1, -0.05) is 18.5 Å². The molecule has 6 heteroatoms. The molecule has 1 amide bonds. The summed E-state index contributed by atoms with van der Waals surface area (Å²) in [5.74, 6) is 1.34. The highest BCUT2D eigenvalue weighted by Crippen LogP contribution is 2.36. The van der Waals surface area contributed by atoms with Crippen LogP contribution in [0, 0.1) is 0 Å². The van der Waals surface area contributed by atoms with E-state index < -0.39 is 0 Å². The average molecular weight is 378 g/mol. The molecule has 0 aliphatic heterocycles. The van der Waals surface area contributed by atoms with Crippen molar-refractivity contribution in [3.8, 4) is 17.2 Å². The number of rotatable bonds is 8. The minimum Gasteiger partial charge on any atom is -0.493 e. The number of nitrogens with one attached hydrogen (secondary N) is 1. The van der Waals surface area contributed by atoms with E-state index >= 15 is 0 Å². The molecule has 0 bridgehead atoms. The molecule has 140 valence electrons. The van der Waals surface area contributed by atoms with E-state index in [9.17, 15) is 4.79 Å². The molecule has 0 radical (unpaired) electrons. The Morgan fingerprint density at radius 2 is 1.88 bits per heavy atom. The van der Waals surface area contributed by atoms with E-state index in [4.69, 9.17) is 25.8 Å². The lowest BCUT2D eigenvalue weighted by molar-refractivity contribution is 0.102. The third kappa shape index (κ3) is 5.30. The van der Waals surface area contributed by atoms with E-state index in [0.29, 0.717) is 34.4 Å². The lowest BCUT2D eigenvalue weighted by atomic mass is 10.1. The molecule has 26 heavy (non-hydrogen) atoms. The van der Waals surface area contributed by atoms with Crippen molar-refractivity contribution in [1.82, 2.24) is 0 Å². The first-order valence-electron chi connectivity index (χ1n) is 8.53. The van der Waals surface area contributed by atoms with Gasteiger partial charge in [-0.2, -0.15) is 0 Å². The second-order valence-electron chi connectivity index (χ2n) is 5.98. The summed E-state index contributed by atoms with van der Waals surface area (Å²) in [5, 5.41) is 3.17. The number of benzene rings is 2. The molecular formula is C20H24ClNO4. The Balaban J connectivity index is 2.15. The summed E-state index contributed by atoms with van der Waals surface area (Å²) in [7, 11) is 1.51. The molecule has 2 aromatic carbocycles. The molecule has 0 saturated heterocycles. The largest absolute Gasteiger partial charge is 0.493 e. The van der Waals surface area contributed by atoms with Gasteiger partial charge in [-0.05, 0) is 56.7 Å². The fourth-order valence-electron chi connectivity index (χ4n) is 2.29. The van der Waals surface area contributed by atoms with Gasteiger partial charge >= 0.3 is 0 Å². The quantitative estimate of drug-likeness (QED) is 0.688. The normalized spacial score (nSPS) is 10.5. The topological polar surface area (TPSA) is 56.8 Å². The van der Waals surface area contributed by atoms with Crippen molar-refractivity contribution in [2.75, 3.05) is 19.0 Å². The number of carbonyl (C=O) groups excluding carboxylic acids is 1. The van der Waals surface area contributed by atoms with E-state index in [-0.39, 0.29) is 12.0 Å². The van der Waals surface area contributed by atoms with Crippen LogP contribution in [0.4, 0.5) is 5.69 Å². The lowest BCUT2D eigenvalue weighted by Gasteiger charge is -2.14. The minimum atomic E-state index is -0.287. The summed E-state index contributed by atoms with van der Waals surface area (Å²) < 4.78 is 16.5. The third-order valence-corrected chi connectivity index (χ3v) is 3.71. The molecule has 0 fully saturated rings. The Morgan fingerprint density at radius 3 is 2.46 bits per heavy atom. The van der Waals surface area contributed by atoms with Crippen LogP contribution in [0.5, 0.6) is 17.2 Å². The predicted molar refractivity (Wildman–Crippen MR) is 104 cm³/mol. The highest BCUT2D eigenvalue weighted by molar-refractivity contribution is 6.32. The maximum atomic E-state index is 12.5. The Bertz CT molecular complexity index is 744. The van der Waals surface area contributed by atoms with Crippen LogP contribution in [0.1, 0.15) is 37.6 Å². The van der Waals surface area contributed by atoms with Crippen molar-refractivity contribution in [1.29, 1.82) is 0 Å². The van der Waals surface area contributed by atoms with E-state index in [0.717, 1.165) is 12.2 Å². The van der Waals surface area contributed by atoms with Crippen LogP contribution in [-0.4, -0.2) is 25.7 Å². The summed E-state index contributed by atoms with van der Waals surface area (Å²) in [6.07, 6.45) is 0.941. The minimum absolute atomic E-state index is 0.0958. The lowest BCUT2D eigenvalue weighted by Crippen LogP contribution is -2.12. The first-order valence-corrected chi connectivity index (χ1v) is 8.90. The first-order chi connectivity index (χ1) is 12.4. The molecule has 2 rings (SSSR count). The Kier molecular flexibility index (Phi) is 7.16. The molecule has 0 aliphatic rings. The molecule has 0 saturated carbocycles. The van der Waals surface area contributed by atoms with E-state index in [1.165, 1.54) is 7.11 Å². The molecular weight excluding hydrogens is 354 g/mol. The van der Waals surface area contributed by atoms with Gasteiger partial charge in [0.2, 0.25) is 0 Å². The number of ether oxygens (including phenoxy) is 3. The van der Waals surface area contributed by atoms with Crippen molar-refractivity contribution in [2.45, 2.75) is 33.3 Å². The fraction of sp³-hybridized carbons (Fsp3) is 0.350. The molecule has 0 spiro atoms. The number of amides is 1. The second kappa shape index (κ2) is 9.34. The van der Waals surface area contributed by atoms with Crippen LogP contribution in [-0.2, 0) is 0 Å². The summed E-state index contributed by atoms with van der Waals surface area (Å²) in [4.78, 5) is 12.5. The van der Waals surface area contributed by atoms with Crippen LogP contribution in [0.2, 0.25) is 5.02 Å². The van der Waals surface area contributed by atoms with E-state index in [1.807, 2.05) is 32.9 Å². The first kappa shape index (κ1) is 19.9. The van der Waals surface area contributed by atoms with Crippen molar-refractivity contribution in [2.24, 2.45) is 0 Å². The van der Waals surface area contributed by atoms with Crippen LogP contribution in [0.25, 0.3) is 0 Å². The maximum Gasteiger partial charge on any atom is 0.255 e. The zero-order valence-corrected chi connectivity index (χ0v) is 16.2. The van der Waals surface area contributed by atoms with Gasteiger partial charge in [-0.15, -0.1) is 0 Å². The molecule has 5 nitrogen and oxygen atoms in total.